The molecule has 1 aromatic heterocycles. The van der Waals surface area contributed by atoms with E-state index in [1.54, 1.807) is 18.2 Å². The van der Waals surface area contributed by atoms with Gasteiger partial charge in [-0.1, -0.05) is 6.07 Å². The molecule has 2 rings (SSSR count). The molecule has 1 aromatic carbocycles. The first-order valence-electron chi connectivity index (χ1n) is 5.31. The van der Waals surface area contributed by atoms with Gasteiger partial charge < -0.3 is 20.6 Å². The Morgan fingerprint density at radius 2 is 2.28 bits per heavy atom. The zero-order valence-electron chi connectivity index (χ0n) is 9.64. The second-order valence-corrected chi connectivity index (χ2v) is 3.90. The Labute approximate surface area is 102 Å². The number of likely N-dealkylation sites (N-methyl/N-ethyl adjacent to an activating group) is 1. The first-order valence-corrected chi connectivity index (χ1v) is 5.31. The van der Waals surface area contributed by atoms with Crippen molar-refractivity contribution >= 4 is 17.1 Å². The van der Waals surface area contributed by atoms with Crippen LogP contribution in [0.4, 0.5) is 0 Å². The monoisotopic (exact) mass is 251 g/mol. The highest BCUT2D eigenvalue weighted by molar-refractivity contribution is 5.76. The summed E-state index contributed by atoms with van der Waals surface area (Å²) in [5.41, 5.74) is 7.35. The van der Waals surface area contributed by atoms with Crippen LogP contribution in [0.1, 0.15) is 11.6 Å². The molecule has 0 aliphatic heterocycles. The Morgan fingerprint density at radius 3 is 2.89 bits per heavy atom. The van der Waals surface area contributed by atoms with Crippen LogP contribution in [0.2, 0.25) is 0 Å². The van der Waals surface area contributed by atoms with E-state index in [0.717, 1.165) is 0 Å². The van der Waals surface area contributed by atoms with Crippen LogP contribution in [0.3, 0.4) is 0 Å². The van der Waals surface area contributed by atoms with Crippen molar-refractivity contribution in [1.29, 1.82) is 0 Å². The van der Waals surface area contributed by atoms with Gasteiger partial charge >= 0.3 is 11.7 Å². The lowest BCUT2D eigenvalue weighted by Crippen LogP contribution is -2.43. The molecule has 7 heteroatoms. The number of hydrogen-bond acceptors (Lipinski definition) is 5. The zero-order valence-corrected chi connectivity index (χ0v) is 9.64. The van der Waals surface area contributed by atoms with Gasteiger partial charge in [-0.15, -0.1) is 0 Å². The fraction of sp³-hybridized carbons (Fsp3) is 0.273. The van der Waals surface area contributed by atoms with Gasteiger partial charge in [0.15, 0.2) is 5.58 Å². The largest absolute Gasteiger partial charge is 0.480 e. The van der Waals surface area contributed by atoms with Gasteiger partial charge in [-0.25, -0.2) is 4.79 Å². The van der Waals surface area contributed by atoms with Gasteiger partial charge in [0.25, 0.3) is 0 Å². The highest BCUT2D eigenvalue weighted by Gasteiger charge is 2.25. The summed E-state index contributed by atoms with van der Waals surface area (Å²) < 4.78 is 4.90. The van der Waals surface area contributed by atoms with Crippen LogP contribution in [0.25, 0.3) is 11.1 Å². The standard InChI is InChI=1S/C11H13N3O4/c1-13-9(10(15)16)8(12)5-2-3-6-7(4-5)18-11(17)14-6/h2-4,8-9,13H,12H2,1H3,(H,14,17)(H,15,16). The summed E-state index contributed by atoms with van der Waals surface area (Å²) in [6.07, 6.45) is 0. The van der Waals surface area contributed by atoms with Crippen LogP contribution in [0, 0.1) is 0 Å². The molecular weight excluding hydrogens is 238 g/mol. The molecule has 0 spiro atoms. The van der Waals surface area contributed by atoms with Gasteiger partial charge in [0.1, 0.15) is 6.04 Å². The average Bonchev–Trinajstić information content (AvgIpc) is 2.68. The van der Waals surface area contributed by atoms with Crippen molar-refractivity contribution in [2.24, 2.45) is 5.73 Å². The third kappa shape index (κ3) is 2.13. The Balaban J connectivity index is 2.40. The number of aromatic amines is 1. The molecule has 0 saturated heterocycles. The summed E-state index contributed by atoms with van der Waals surface area (Å²) in [5.74, 6) is -1.60. The average molecular weight is 251 g/mol. The minimum Gasteiger partial charge on any atom is -0.480 e. The number of carbonyl (C=O) groups is 1. The van der Waals surface area contributed by atoms with Crippen molar-refractivity contribution in [2.75, 3.05) is 7.05 Å². The third-order valence-electron chi connectivity index (χ3n) is 2.77. The fourth-order valence-electron chi connectivity index (χ4n) is 1.82. The molecule has 0 saturated carbocycles. The topological polar surface area (TPSA) is 121 Å². The number of nitrogens with two attached hydrogens (primary N) is 1. The molecule has 2 unspecified atom stereocenters. The normalized spacial score (nSPS) is 14.6. The molecule has 7 nitrogen and oxygen atoms in total. The number of aliphatic carboxylic acids is 1. The van der Waals surface area contributed by atoms with Crippen LogP contribution in [0.15, 0.2) is 27.4 Å². The predicted octanol–water partition coefficient (Wildman–Crippen LogP) is -0.206. The Hall–Kier alpha value is -2.12. The van der Waals surface area contributed by atoms with E-state index in [2.05, 4.69) is 10.3 Å². The summed E-state index contributed by atoms with van der Waals surface area (Å²) in [5, 5.41) is 11.6. The maximum Gasteiger partial charge on any atom is 0.417 e. The van der Waals surface area contributed by atoms with Gasteiger partial charge in [-0.3, -0.25) is 9.78 Å². The minimum atomic E-state index is -1.04. The number of oxazole rings is 1. The van der Waals surface area contributed by atoms with E-state index in [1.807, 2.05) is 0 Å². The van der Waals surface area contributed by atoms with Gasteiger partial charge in [0.05, 0.1) is 11.6 Å². The second-order valence-electron chi connectivity index (χ2n) is 3.90. The number of hydrogen-bond donors (Lipinski definition) is 4. The molecule has 0 fully saturated rings. The molecule has 0 radical (unpaired) electrons. The van der Waals surface area contributed by atoms with Crippen LogP contribution in [0.5, 0.6) is 0 Å². The predicted molar refractivity (Wildman–Crippen MR) is 64.2 cm³/mol. The first kappa shape index (κ1) is 12.3. The molecule has 0 bridgehead atoms. The SMILES string of the molecule is CNC(C(=O)O)C(N)c1ccc2[nH]c(=O)oc2c1. The lowest BCUT2D eigenvalue weighted by Gasteiger charge is -2.19. The van der Waals surface area contributed by atoms with Gasteiger partial charge in [-0.2, -0.15) is 0 Å². The fourth-order valence-corrected chi connectivity index (χ4v) is 1.82. The summed E-state index contributed by atoms with van der Waals surface area (Å²) >= 11 is 0. The van der Waals surface area contributed by atoms with E-state index in [1.165, 1.54) is 7.05 Å². The number of H-pyrrole nitrogens is 1. The highest BCUT2D eigenvalue weighted by Crippen LogP contribution is 2.19. The minimum absolute atomic E-state index is 0.355. The number of aromatic nitrogens is 1. The number of nitrogens with one attached hydrogen (secondary N) is 2. The van der Waals surface area contributed by atoms with Crippen molar-refractivity contribution in [3.8, 4) is 0 Å². The van der Waals surface area contributed by atoms with E-state index in [-0.39, 0.29) is 0 Å². The van der Waals surface area contributed by atoms with E-state index >= 15 is 0 Å². The summed E-state index contributed by atoms with van der Waals surface area (Å²) in [7, 11) is 1.52. The van der Waals surface area contributed by atoms with E-state index in [4.69, 9.17) is 15.3 Å². The number of benzene rings is 1. The number of rotatable bonds is 4. The number of carboxylic acids is 1. The lowest BCUT2D eigenvalue weighted by molar-refractivity contribution is -0.139. The van der Waals surface area contributed by atoms with Crippen molar-refractivity contribution < 1.29 is 14.3 Å². The second kappa shape index (κ2) is 4.63. The van der Waals surface area contributed by atoms with Crippen molar-refractivity contribution in [1.82, 2.24) is 10.3 Å². The molecule has 1 heterocycles. The summed E-state index contributed by atoms with van der Waals surface area (Å²) in [6.45, 7) is 0. The van der Waals surface area contributed by atoms with Gasteiger partial charge in [-0.05, 0) is 24.7 Å². The first-order chi connectivity index (χ1) is 8.52. The molecular formula is C11H13N3O4. The molecule has 18 heavy (non-hydrogen) atoms. The van der Waals surface area contributed by atoms with Gasteiger partial charge in [0.2, 0.25) is 0 Å². The molecule has 0 aliphatic rings. The Kier molecular flexibility index (Phi) is 3.17. The zero-order chi connectivity index (χ0) is 13.3. The third-order valence-corrected chi connectivity index (χ3v) is 2.77. The van der Waals surface area contributed by atoms with E-state index < -0.39 is 23.8 Å². The van der Waals surface area contributed by atoms with Crippen molar-refractivity contribution in [2.45, 2.75) is 12.1 Å². The maximum absolute atomic E-state index is 11.0. The van der Waals surface area contributed by atoms with E-state index in [0.29, 0.717) is 16.7 Å². The number of carboxylic acid groups (broad SMARTS) is 1. The number of fused-ring (bicyclic) bond motifs is 1. The van der Waals surface area contributed by atoms with Gasteiger partial charge in [0, 0.05) is 0 Å². The van der Waals surface area contributed by atoms with E-state index in [9.17, 15) is 9.59 Å². The Bertz CT molecular complexity index is 630. The summed E-state index contributed by atoms with van der Waals surface area (Å²) in [4.78, 5) is 24.5. The van der Waals surface area contributed by atoms with Crippen molar-refractivity contribution in [3.63, 3.8) is 0 Å². The van der Waals surface area contributed by atoms with Crippen LogP contribution >= 0.6 is 0 Å². The maximum atomic E-state index is 11.0. The molecule has 2 aromatic rings. The van der Waals surface area contributed by atoms with Crippen molar-refractivity contribution in [3.05, 3.63) is 34.3 Å². The highest BCUT2D eigenvalue weighted by atomic mass is 16.4. The summed E-state index contributed by atoms with van der Waals surface area (Å²) in [6, 6.07) is 3.20. The van der Waals surface area contributed by atoms with Crippen LogP contribution < -0.4 is 16.8 Å². The van der Waals surface area contributed by atoms with Crippen LogP contribution in [-0.4, -0.2) is 29.1 Å². The lowest BCUT2D eigenvalue weighted by atomic mass is 10.00. The molecule has 5 N–H and O–H groups in total. The Morgan fingerprint density at radius 1 is 1.56 bits per heavy atom. The molecule has 0 amide bonds. The molecule has 0 aliphatic carbocycles. The quantitative estimate of drug-likeness (QED) is 0.596. The molecule has 2 atom stereocenters. The van der Waals surface area contributed by atoms with Crippen LogP contribution in [-0.2, 0) is 4.79 Å². The smallest absolute Gasteiger partial charge is 0.417 e. The molecule has 96 valence electrons.